The van der Waals surface area contributed by atoms with Crippen molar-refractivity contribution in [1.82, 2.24) is 15.3 Å². The minimum absolute atomic E-state index is 0.135. The van der Waals surface area contributed by atoms with E-state index in [9.17, 15) is 9.59 Å². The second kappa shape index (κ2) is 6.51. The van der Waals surface area contributed by atoms with Crippen LogP contribution in [0.15, 0.2) is 6.07 Å². The van der Waals surface area contributed by atoms with E-state index in [1.54, 1.807) is 11.0 Å². The van der Waals surface area contributed by atoms with Crippen LogP contribution in [-0.2, 0) is 16.0 Å². The third-order valence-electron chi connectivity index (χ3n) is 3.37. The van der Waals surface area contributed by atoms with Gasteiger partial charge in [-0.15, -0.1) is 0 Å². The highest BCUT2D eigenvalue weighted by atomic mass is 16.2. The van der Waals surface area contributed by atoms with E-state index in [1.165, 1.54) is 0 Å². The Morgan fingerprint density at radius 2 is 2.10 bits per heavy atom. The van der Waals surface area contributed by atoms with Crippen molar-refractivity contribution in [2.45, 2.75) is 39.7 Å². The van der Waals surface area contributed by atoms with Crippen LogP contribution in [0, 0.1) is 0 Å². The minimum Gasteiger partial charge on any atom is -0.370 e. The predicted octanol–water partition coefficient (Wildman–Crippen LogP) is 0.712. The fraction of sp³-hybridized carbons (Fsp3) is 0.571. The van der Waals surface area contributed by atoms with Gasteiger partial charge in [-0.05, 0) is 13.3 Å². The standard InChI is InChI=1S/C14H21N5O2/c1-4-9-14(21)18-13(20)8-19(9)12-7-11(15-6-3)16-10(5-2)17-12/h7,9H,4-6,8H2,1-3H3,(H,15,16,17)(H,18,20,21). The van der Waals surface area contributed by atoms with Gasteiger partial charge in [0.25, 0.3) is 0 Å². The molecule has 0 aromatic carbocycles. The number of nitrogens with one attached hydrogen (secondary N) is 2. The first kappa shape index (κ1) is 15.2. The number of aromatic nitrogens is 2. The third kappa shape index (κ3) is 3.29. The summed E-state index contributed by atoms with van der Waals surface area (Å²) in [7, 11) is 0. The number of hydrogen-bond acceptors (Lipinski definition) is 6. The number of nitrogens with zero attached hydrogens (tertiary/aromatic N) is 3. The molecule has 1 aromatic heterocycles. The maximum absolute atomic E-state index is 12.0. The van der Waals surface area contributed by atoms with Gasteiger partial charge in [0.15, 0.2) is 0 Å². The third-order valence-corrected chi connectivity index (χ3v) is 3.37. The Morgan fingerprint density at radius 3 is 2.71 bits per heavy atom. The molecule has 21 heavy (non-hydrogen) atoms. The lowest BCUT2D eigenvalue weighted by molar-refractivity contribution is -0.132. The zero-order valence-electron chi connectivity index (χ0n) is 12.6. The number of hydrogen-bond donors (Lipinski definition) is 2. The molecule has 1 aliphatic heterocycles. The van der Waals surface area contributed by atoms with Gasteiger partial charge in [-0.2, -0.15) is 0 Å². The first-order valence-corrected chi connectivity index (χ1v) is 7.31. The lowest BCUT2D eigenvalue weighted by Crippen LogP contribution is -2.58. The van der Waals surface area contributed by atoms with Crippen LogP contribution < -0.4 is 15.5 Å². The van der Waals surface area contributed by atoms with Gasteiger partial charge in [0.1, 0.15) is 23.5 Å². The average Bonchev–Trinajstić information content (AvgIpc) is 2.46. The number of imide groups is 1. The van der Waals surface area contributed by atoms with Crippen LogP contribution in [0.3, 0.4) is 0 Å². The van der Waals surface area contributed by atoms with Crippen molar-refractivity contribution in [2.24, 2.45) is 0 Å². The number of carbonyl (C=O) groups excluding carboxylic acids is 2. The van der Waals surface area contributed by atoms with Gasteiger partial charge in [0.05, 0.1) is 6.54 Å². The van der Waals surface area contributed by atoms with Gasteiger partial charge >= 0.3 is 0 Å². The summed E-state index contributed by atoms with van der Waals surface area (Å²) < 4.78 is 0. The van der Waals surface area contributed by atoms with E-state index < -0.39 is 0 Å². The van der Waals surface area contributed by atoms with Crippen molar-refractivity contribution in [1.29, 1.82) is 0 Å². The van der Waals surface area contributed by atoms with Crippen molar-refractivity contribution in [3.63, 3.8) is 0 Å². The molecule has 1 atom stereocenters. The largest absolute Gasteiger partial charge is 0.370 e. The molecule has 1 aromatic rings. The van der Waals surface area contributed by atoms with Crippen molar-refractivity contribution >= 4 is 23.5 Å². The van der Waals surface area contributed by atoms with Crippen LogP contribution in [0.5, 0.6) is 0 Å². The predicted molar refractivity (Wildman–Crippen MR) is 80.1 cm³/mol. The molecular weight excluding hydrogens is 270 g/mol. The molecule has 2 heterocycles. The van der Waals surface area contributed by atoms with Crippen molar-refractivity contribution < 1.29 is 9.59 Å². The number of anilines is 2. The zero-order valence-corrected chi connectivity index (χ0v) is 12.6. The molecule has 2 N–H and O–H groups in total. The molecule has 2 rings (SSSR count). The normalized spacial score (nSPS) is 18.6. The number of rotatable bonds is 5. The maximum Gasteiger partial charge on any atom is 0.249 e. The minimum atomic E-state index is -0.378. The summed E-state index contributed by atoms with van der Waals surface area (Å²) >= 11 is 0. The summed E-state index contributed by atoms with van der Waals surface area (Å²) in [6, 6.07) is 1.41. The van der Waals surface area contributed by atoms with Crippen LogP contribution in [0.2, 0.25) is 0 Å². The number of aryl methyl sites for hydroxylation is 1. The monoisotopic (exact) mass is 291 g/mol. The Morgan fingerprint density at radius 1 is 1.33 bits per heavy atom. The van der Waals surface area contributed by atoms with Crippen molar-refractivity contribution in [3.05, 3.63) is 11.9 Å². The molecule has 0 saturated carbocycles. The highest BCUT2D eigenvalue weighted by molar-refractivity contribution is 6.04. The molecule has 0 spiro atoms. The van der Waals surface area contributed by atoms with E-state index in [-0.39, 0.29) is 24.4 Å². The molecule has 0 bridgehead atoms. The number of carbonyl (C=O) groups is 2. The first-order valence-electron chi connectivity index (χ1n) is 7.31. The van der Waals surface area contributed by atoms with E-state index in [4.69, 9.17) is 0 Å². The second-order valence-corrected chi connectivity index (χ2v) is 4.88. The van der Waals surface area contributed by atoms with Gasteiger partial charge < -0.3 is 10.2 Å². The molecule has 2 amide bonds. The maximum atomic E-state index is 12.0. The summed E-state index contributed by atoms with van der Waals surface area (Å²) in [5.41, 5.74) is 0. The average molecular weight is 291 g/mol. The van der Waals surface area contributed by atoms with E-state index in [0.717, 1.165) is 6.54 Å². The molecule has 7 heteroatoms. The molecular formula is C14H21N5O2. The Kier molecular flexibility index (Phi) is 4.72. The van der Waals surface area contributed by atoms with Gasteiger partial charge in [0.2, 0.25) is 11.8 Å². The highest BCUT2D eigenvalue weighted by Crippen LogP contribution is 2.21. The summed E-state index contributed by atoms with van der Waals surface area (Å²) in [4.78, 5) is 34.2. The summed E-state index contributed by atoms with van der Waals surface area (Å²) in [6.07, 6.45) is 1.30. The van der Waals surface area contributed by atoms with Crippen LogP contribution in [0.4, 0.5) is 11.6 Å². The van der Waals surface area contributed by atoms with Crippen LogP contribution in [0.25, 0.3) is 0 Å². The molecule has 0 aliphatic carbocycles. The van der Waals surface area contributed by atoms with Gasteiger partial charge in [-0.25, -0.2) is 9.97 Å². The Balaban J connectivity index is 2.39. The van der Waals surface area contributed by atoms with Crippen LogP contribution in [-0.4, -0.2) is 40.9 Å². The number of amides is 2. The van der Waals surface area contributed by atoms with Crippen molar-refractivity contribution in [2.75, 3.05) is 23.3 Å². The molecule has 0 radical (unpaired) electrons. The fourth-order valence-electron chi connectivity index (χ4n) is 2.37. The quantitative estimate of drug-likeness (QED) is 0.777. The van der Waals surface area contributed by atoms with E-state index >= 15 is 0 Å². The summed E-state index contributed by atoms with van der Waals surface area (Å²) in [6.45, 7) is 6.76. The van der Waals surface area contributed by atoms with Gasteiger partial charge in [0, 0.05) is 19.0 Å². The molecule has 7 nitrogen and oxygen atoms in total. The molecule has 1 saturated heterocycles. The van der Waals surface area contributed by atoms with Crippen molar-refractivity contribution in [3.8, 4) is 0 Å². The van der Waals surface area contributed by atoms with Crippen LogP contribution >= 0.6 is 0 Å². The summed E-state index contributed by atoms with van der Waals surface area (Å²) in [5.74, 6) is 1.46. The SMILES string of the molecule is CCNc1cc(N2CC(=O)NC(=O)C2CC)nc(CC)n1. The molecule has 1 fully saturated rings. The zero-order chi connectivity index (χ0) is 15.4. The fourth-order valence-corrected chi connectivity index (χ4v) is 2.37. The second-order valence-electron chi connectivity index (χ2n) is 4.88. The number of piperazine rings is 1. The van der Waals surface area contributed by atoms with Gasteiger partial charge in [-0.3, -0.25) is 14.9 Å². The highest BCUT2D eigenvalue weighted by Gasteiger charge is 2.33. The molecule has 1 aliphatic rings. The molecule has 1 unspecified atom stereocenters. The van der Waals surface area contributed by atoms with Crippen LogP contribution in [0.1, 0.15) is 33.0 Å². The molecule has 114 valence electrons. The van der Waals surface area contributed by atoms with E-state index in [2.05, 4.69) is 20.6 Å². The van der Waals surface area contributed by atoms with Gasteiger partial charge in [-0.1, -0.05) is 13.8 Å². The smallest absolute Gasteiger partial charge is 0.249 e. The Bertz CT molecular complexity index is 546. The summed E-state index contributed by atoms with van der Waals surface area (Å²) in [5, 5.41) is 5.52. The first-order chi connectivity index (χ1) is 10.1. The topological polar surface area (TPSA) is 87.2 Å². The van der Waals surface area contributed by atoms with E-state index in [0.29, 0.717) is 30.3 Å². The Labute approximate surface area is 124 Å². The lowest BCUT2D eigenvalue weighted by Gasteiger charge is -2.34. The van der Waals surface area contributed by atoms with E-state index in [1.807, 2.05) is 20.8 Å². The lowest BCUT2D eigenvalue weighted by atomic mass is 10.1. The Hall–Kier alpha value is -2.18.